The van der Waals surface area contributed by atoms with Gasteiger partial charge in [0.05, 0.1) is 0 Å². The molecule has 0 saturated heterocycles. The first-order valence-corrected chi connectivity index (χ1v) is 9.01. The van der Waals surface area contributed by atoms with E-state index in [1.165, 1.54) is 0 Å². The number of hydrogen-bond acceptors (Lipinski definition) is 3. The van der Waals surface area contributed by atoms with E-state index in [9.17, 15) is 0 Å². The molecule has 8 N–H and O–H groups in total. The molecule has 0 fully saturated rings. The van der Waals surface area contributed by atoms with E-state index in [0.29, 0.717) is 0 Å². The van der Waals surface area contributed by atoms with E-state index < -0.39 is 13.4 Å². The average Bonchev–Trinajstić information content (AvgIpc) is 1.59. The van der Waals surface area contributed by atoms with Crippen LogP contribution in [0.15, 0.2) is 0 Å². The van der Waals surface area contributed by atoms with Crippen molar-refractivity contribution in [1.82, 2.24) is 0 Å². The van der Waals surface area contributed by atoms with E-state index in [1.807, 2.05) is 0 Å². The normalized spacial score (nSPS) is 10.4. The van der Waals surface area contributed by atoms with Gasteiger partial charge in [-0.15, -0.1) is 0 Å². The van der Waals surface area contributed by atoms with Gasteiger partial charge >= 0.3 is 36.5 Å². The predicted molar refractivity (Wildman–Crippen MR) is 46.1 cm³/mol. The molecule has 0 aliphatic rings. The van der Waals surface area contributed by atoms with E-state index in [1.54, 1.807) is 0 Å². The fourth-order valence-electron chi connectivity index (χ4n) is 0. The first-order valence-electron chi connectivity index (χ1n) is 1.97. The molecule has 0 amide bonds. The van der Waals surface area contributed by atoms with Crippen molar-refractivity contribution < 1.29 is 47.9 Å². The van der Waals surface area contributed by atoms with Crippen LogP contribution >= 0.6 is 13.4 Å². The Hall–Kier alpha value is 1.64. The van der Waals surface area contributed by atoms with Crippen LogP contribution in [0.4, 0.5) is 0 Å². The molecule has 0 aliphatic carbocycles. The van der Waals surface area contributed by atoms with E-state index in [4.69, 9.17) is 29.4 Å². The number of hydrogen-bond donors (Lipinski definition) is 7. The summed E-state index contributed by atoms with van der Waals surface area (Å²) in [6.07, 6.45) is 0. The molecule has 0 aliphatic heterocycles. The van der Waals surface area contributed by atoms with Crippen molar-refractivity contribution >= 4 is 37.1 Å². The molecule has 73 valence electrons. The summed E-state index contributed by atoms with van der Waals surface area (Å²) in [5, 5.41) is 0. The zero-order valence-corrected chi connectivity index (χ0v) is 12.1. The van der Waals surface area contributed by atoms with Crippen LogP contribution in [0, 0.1) is 0 Å². The van der Waals surface area contributed by atoms with Gasteiger partial charge in [0, 0.05) is 0 Å². The van der Waals surface area contributed by atoms with Crippen molar-refractivity contribution in [2.24, 2.45) is 4.48 Å². The molecule has 12 heavy (non-hydrogen) atoms. The van der Waals surface area contributed by atoms with Gasteiger partial charge in [-0.2, -0.15) is 0 Å². The molecule has 0 aromatic carbocycles. The Balaban J connectivity index is -0.000000112. The van der Waals surface area contributed by atoms with Crippen molar-refractivity contribution in [3.05, 3.63) is 0 Å². The molecule has 0 saturated carbocycles. The molecular formula is H8NO6P2S2Zn. The van der Waals surface area contributed by atoms with E-state index >= 15 is 0 Å². The zero-order chi connectivity index (χ0) is 11.0. The Morgan fingerprint density at radius 1 is 0.750 bits per heavy atom. The standard InChI is InChI=1S/H2N.2H3O3PS.Zn/c;2*1-4(2,3)5;/h1H2;2*(H3,1,2,3,5);/q-1;;;+1. The van der Waals surface area contributed by atoms with E-state index in [-0.39, 0.29) is 0 Å². The van der Waals surface area contributed by atoms with Gasteiger partial charge in [0.2, 0.25) is 0 Å². The number of nitrogens with two attached hydrogens (primary N) is 1. The molecule has 0 bridgehead atoms. The van der Waals surface area contributed by atoms with Gasteiger partial charge in [0.15, 0.2) is 0 Å². The molecule has 0 radical (unpaired) electrons. The second kappa shape index (κ2) is 9.21. The van der Waals surface area contributed by atoms with Crippen LogP contribution in [-0.4, -0.2) is 29.4 Å². The van der Waals surface area contributed by atoms with Crippen LogP contribution in [-0.2, 0) is 42.2 Å². The summed E-state index contributed by atoms with van der Waals surface area (Å²) < 4.78 is 4.62. The second-order valence-corrected chi connectivity index (χ2v) is 6.02. The predicted octanol–water partition coefficient (Wildman–Crippen LogP) is -2.22. The molecule has 0 spiro atoms. The summed E-state index contributed by atoms with van der Waals surface area (Å²) in [4.78, 5) is 45.3. The second-order valence-electron chi connectivity index (χ2n) is 1.03. The third kappa shape index (κ3) is 488. The fraction of sp³-hybridized carbons (Fsp3) is 0. The van der Waals surface area contributed by atoms with Gasteiger partial charge in [0.1, 0.15) is 0 Å². The van der Waals surface area contributed by atoms with E-state index in [2.05, 4.69) is 28.1 Å². The maximum atomic E-state index is 7.56. The zero-order valence-electron chi connectivity index (χ0n) is 5.68. The summed E-state index contributed by atoms with van der Waals surface area (Å²) in [6, 6.07) is 0. The Bertz CT molecular complexity index is 136. The Morgan fingerprint density at radius 3 is 0.750 bits per heavy atom. The Labute approximate surface area is 89.3 Å². The van der Waals surface area contributed by atoms with Crippen molar-refractivity contribution in [3.8, 4) is 0 Å². The molecule has 0 unspecified atom stereocenters. The molecule has 0 rings (SSSR count). The maximum absolute atomic E-state index is 7.56. The SMILES string of the molecule is OP(O)(O)=S.OP(O)(O)=S.[NH2][Zn]. The third-order valence-electron chi connectivity index (χ3n) is 0. The molecule has 0 aromatic rings. The monoisotopic (exact) mass is 308 g/mol. The van der Waals surface area contributed by atoms with Gasteiger partial charge in [-0.05, 0) is 23.6 Å². The fourth-order valence-corrected chi connectivity index (χ4v) is 0. The molecule has 0 atom stereocenters. The van der Waals surface area contributed by atoms with Crippen LogP contribution in [0.5, 0.6) is 0 Å². The van der Waals surface area contributed by atoms with Crippen LogP contribution in [0.3, 0.4) is 0 Å². The summed E-state index contributed by atoms with van der Waals surface area (Å²) in [5.74, 6) is 0. The summed E-state index contributed by atoms with van der Waals surface area (Å²) >= 11 is 8.08. The van der Waals surface area contributed by atoms with Crippen molar-refractivity contribution in [1.29, 1.82) is 0 Å². The minimum absolute atomic E-state index is 0.875. The molecule has 0 aromatic heterocycles. The van der Waals surface area contributed by atoms with E-state index in [0.717, 1.165) is 18.5 Å². The third-order valence-corrected chi connectivity index (χ3v) is 0. The van der Waals surface area contributed by atoms with Crippen LogP contribution in [0.1, 0.15) is 0 Å². The van der Waals surface area contributed by atoms with Gasteiger partial charge in [-0.3, -0.25) is 0 Å². The summed E-state index contributed by atoms with van der Waals surface area (Å²) in [6.45, 7) is -7.61. The van der Waals surface area contributed by atoms with Crippen LogP contribution in [0.25, 0.3) is 0 Å². The summed E-state index contributed by atoms with van der Waals surface area (Å²) in [5.41, 5.74) is 0. The van der Waals surface area contributed by atoms with Crippen LogP contribution < -0.4 is 4.48 Å². The first-order chi connectivity index (χ1) is 5.00. The van der Waals surface area contributed by atoms with Gasteiger partial charge < -0.3 is 29.4 Å². The first kappa shape index (κ1) is 19.3. The molecule has 12 heteroatoms. The minimum atomic E-state index is -3.81. The van der Waals surface area contributed by atoms with Crippen molar-refractivity contribution in [2.75, 3.05) is 0 Å². The Kier molecular flexibility index (Phi) is 14.8. The van der Waals surface area contributed by atoms with Crippen LogP contribution in [0.2, 0.25) is 0 Å². The van der Waals surface area contributed by atoms with Gasteiger partial charge in [0.25, 0.3) is 0 Å². The van der Waals surface area contributed by atoms with Gasteiger partial charge in [-0.25, -0.2) is 0 Å². The van der Waals surface area contributed by atoms with Crippen molar-refractivity contribution in [2.45, 2.75) is 0 Å². The average molecular weight is 310 g/mol. The Morgan fingerprint density at radius 2 is 0.750 bits per heavy atom. The topological polar surface area (TPSA) is 147 Å². The van der Waals surface area contributed by atoms with Gasteiger partial charge in [-0.1, -0.05) is 0 Å². The molecule has 7 nitrogen and oxygen atoms in total. The number of rotatable bonds is 0. The molecular weight excluding hydrogens is 301 g/mol. The quantitative estimate of drug-likeness (QED) is 0.195. The molecule has 0 heterocycles. The van der Waals surface area contributed by atoms with Crippen molar-refractivity contribution in [3.63, 3.8) is 0 Å². The summed E-state index contributed by atoms with van der Waals surface area (Å²) in [7, 11) is 0.